The number of carbonyl (C=O) groups is 1. The third-order valence-electron chi connectivity index (χ3n) is 4.71. The van der Waals surface area contributed by atoms with E-state index in [0.717, 1.165) is 11.4 Å². The van der Waals surface area contributed by atoms with Gasteiger partial charge in [-0.25, -0.2) is 9.07 Å². The molecule has 31 heavy (non-hydrogen) atoms. The Bertz CT molecular complexity index is 1260. The summed E-state index contributed by atoms with van der Waals surface area (Å²) in [5.74, 6) is -0.435. The second-order valence-corrected chi connectivity index (χ2v) is 7.68. The Hall–Kier alpha value is -3.59. The van der Waals surface area contributed by atoms with Crippen LogP contribution < -0.4 is 5.32 Å². The van der Waals surface area contributed by atoms with Gasteiger partial charge in [-0.3, -0.25) is 4.79 Å². The fraction of sp³-hybridized carbons (Fsp3) is 0.190. The minimum Gasteiger partial charge on any atom is -0.322 e. The molecule has 0 unspecified atom stereocenters. The third kappa shape index (κ3) is 4.04. The van der Waals surface area contributed by atoms with Crippen LogP contribution in [0.25, 0.3) is 11.4 Å². The van der Waals surface area contributed by atoms with Gasteiger partial charge in [-0.2, -0.15) is 9.78 Å². The summed E-state index contributed by atoms with van der Waals surface area (Å²) in [4.78, 5) is 13.1. The molecular formula is C21H19ClFN7O. The summed E-state index contributed by atoms with van der Waals surface area (Å²) in [6.45, 7) is 5.61. The van der Waals surface area contributed by atoms with Crippen LogP contribution in [-0.4, -0.2) is 35.9 Å². The average molecular weight is 440 g/mol. The number of hydrogen-bond acceptors (Lipinski definition) is 5. The summed E-state index contributed by atoms with van der Waals surface area (Å²) in [7, 11) is 0. The van der Waals surface area contributed by atoms with Gasteiger partial charge in [-0.15, -0.1) is 5.10 Å². The molecule has 0 aliphatic carbocycles. The maximum atomic E-state index is 14.3. The Balaban J connectivity index is 1.68. The number of benzene rings is 2. The van der Waals surface area contributed by atoms with Crippen molar-refractivity contribution in [3.63, 3.8) is 0 Å². The number of carbonyl (C=O) groups excluding carboxylic acids is 1. The number of halogens is 2. The van der Waals surface area contributed by atoms with Crippen molar-refractivity contribution < 1.29 is 9.18 Å². The van der Waals surface area contributed by atoms with Crippen LogP contribution >= 0.6 is 11.6 Å². The van der Waals surface area contributed by atoms with Gasteiger partial charge in [0, 0.05) is 10.7 Å². The fourth-order valence-corrected chi connectivity index (χ4v) is 3.49. The SMILES string of the molecule is Cc1nnnn1-c1cc(NC(=O)c2cnn(-c3cccc(Cl)c3)c2C(C)C)ccc1F. The second-order valence-electron chi connectivity index (χ2n) is 7.25. The molecule has 0 bridgehead atoms. The number of aryl methyl sites for hydroxylation is 1. The van der Waals surface area contributed by atoms with Crippen LogP contribution in [0.1, 0.15) is 41.6 Å². The highest BCUT2D eigenvalue weighted by Crippen LogP contribution is 2.26. The molecule has 2 aromatic carbocycles. The van der Waals surface area contributed by atoms with Gasteiger partial charge in [0.15, 0.2) is 5.82 Å². The zero-order valence-electron chi connectivity index (χ0n) is 17.0. The van der Waals surface area contributed by atoms with E-state index in [9.17, 15) is 9.18 Å². The maximum Gasteiger partial charge on any atom is 0.259 e. The number of tetrazole rings is 1. The van der Waals surface area contributed by atoms with Crippen molar-refractivity contribution in [3.05, 3.63) is 76.6 Å². The predicted octanol–water partition coefficient (Wildman–Crippen LogP) is 4.32. The molecule has 8 nitrogen and oxygen atoms in total. The van der Waals surface area contributed by atoms with Crippen molar-refractivity contribution in [1.29, 1.82) is 0 Å². The monoisotopic (exact) mass is 439 g/mol. The third-order valence-corrected chi connectivity index (χ3v) is 4.94. The van der Waals surface area contributed by atoms with Crippen molar-refractivity contribution in [2.24, 2.45) is 0 Å². The maximum absolute atomic E-state index is 14.3. The van der Waals surface area contributed by atoms with Crippen LogP contribution in [0.4, 0.5) is 10.1 Å². The summed E-state index contributed by atoms with van der Waals surface area (Å²) in [6, 6.07) is 11.5. The molecule has 2 heterocycles. The molecule has 0 saturated carbocycles. The lowest BCUT2D eigenvalue weighted by atomic mass is 10.0. The molecular weight excluding hydrogens is 421 g/mol. The first-order chi connectivity index (χ1) is 14.8. The van der Waals surface area contributed by atoms with Gasteiger partial charge < -0.3 is 5.32 Å². The van der Waals surface area contributed by atoms with E-state index in [2.05, 4.69) is 25.9 Å². The van der Waals surface area contributed by atoms with E-state index in [4.69, 9.17) is 11.6 Å². The smallest absolute Gasteiger partial charge is 0.259 e. The van der Waals surface area contributed by atoms with Crippen LogP contribution in [0.2, 0.25) is 5.02 Å². The molecule has 10 heteroatoms. The Kier molecular flexibility index (Phi) is 5.51. The van der Waals surface area contributed by atoms with Crippen molar-refractivity contribution >= 4 is 23.2 Å². The lowest BCUT2D eigenvalue weighted by Gasteiger charge is -2.13. The molecule has 0 fully saturated rings. The summed E-state index contributed by atoms with van der Waals surface area (Å²) in [5, 5.41) is 18.9. The van der Waals surface area contributed by atoms with Gasteiger partial charge in [0.05, 0.1) is 23.1 Å². The predicted molar refractivity (Wildman–Crippen MR) is 114 cm³/mol. The molecule has 4 rings (SSSR count). The van der Waals surface area contributed by atoms with Gasteiger partial charge in [0.1, 0.15) is 11.5 Å². The summed E-state index contributed by atoms with van der Waals surface area (Å²) in [5.41, 5.74) is 2.45. The zero-order chi connectivity index (χ0) is 22.1. The highest BCUT2D eigenvalue weighted by atomic mass is 35.5. The second kappa shape index (κ2) is 8.27. The van der Waals surface area contributed by atoms with Gasteiger partial charge >= 0.3 is 0 Å². The van der Waals surface area contributed by atoms with Gasteiger partial charge in [0.2, 0.25) is 0 Å². The summed E-state index contributed by atoms with van der Waals surface area (Å²) < 4.78 is 17.3. The van der Waals surface area contributed by atoms with Crippen molar-refractivity contribution in [2.75, 3.05) is 5.32 Å². The van der Waals surface area contributed by atoms with E-state index in [0.29, 0.717) is 22.1 Å². The number of nitrogens with zero attached hydrogens (tertiary/aromatic N) is 6. The Morgan fingerprint density at radius 1 is 1.16 bits per heavy atom. The molecule has 0 atom stereocenters. The first-order valence-corrected chi connectivity index (χ1v) is 9.93. The zero-order valence-corrected chi connectivity index (χ0v) is 17.8. The van der Waals surface area contributed by atoms with Gasteiger partial charge in [-0.1, -0.05) is 31.5 Å². The number of amides is 1. The van der Waals surface area contributed by atoms with Crippen LogP contribution in [0.5, 0.6) is 0 Å². The van der Waals surface area contributed by atoms with E-state index >= 15 is 0 Å². The number of nitrogens with one attached hydrogen (secondary N) is 1. The quantitative estimate of drug-likeness (QED) is 0.500. The van der Waals surface area contributed by atoms with Crippen LogP contribution in [-0.2, 0) is 0 Å². The molecule has 0 aliphatic rings. The minimum absolute atomic E-state index is 0.00915. The first kappa shape index (κ1) is 20.7. The van der Waals surface area contributed by atoms with Crippen molar-refractivity contribution in [1.82, 2.24) is 30.0 Å². The van der Waals surface area contributed by atoms with E-state index in [1.54, 1.807) is 23.7 Å². The number of hydrogen-bond donors (Lipinski definition) is 1. The number of anilines is 1. The van der Waals surface area contributed by atoms with Gasteiger partial charge in [-0.05, 0) is 59.7 Å². The fourth-order valence-electron chi connectivity index (χ4n) is 3.31. The normalized spacial score (nSPS) is 11.2. The van der Waals surface area contributed by atoms with Crippen LogP contribution in [0.15, 0.2) is 48.7 Å². The lowest BCUT2D eigenvalue weighted by Crippen LogP contribution is -2.16. The molecule has 0 spiro atoms. The number of aromatic nitrogens is 6. The Morgan fingerprint density at radius 2 is 1.97 bits per heavy atom. The average Bonchev–Trinajstić information content (AvgIpc) is 3.36. The summed E-state index contributed by atoms with van der Waals surface area (Å²) >= 11 is 6.12. The van der Waals surface area contributed by atoms with E-state index in [-0.39, 0.29) is 17.5 Å². The summed E-state index contributed by atoms with van der Waals surface area (Å²) in [6.07, 6.45) is 1.52. The molecule has 158 valence electrons. The first-order valence-electron chi connectivity index (χ1n) is 9.55. The van der Waals surface area contributed by atoms with Crippen molar-refractivity contribution in [2.45, 2.75) is 26.7 Å². The minimum atomic E-state index is -0.509. The molecule has 0 saturated heterocycles. The molecule has 0 aliphatic heterocycles. The molecule has 0 radical (unpaired) electrons. The Morgan fingerprint density at radius 3 is 2.65 bits per heavy atom. The van der Waals surface area contributed by atoms with Crippen molar-refractivity contribution in [3.8, 4) is 11.4 Å². The van der Waals surface area contributed by atoms with Crippen LogP contribution in [0.3, 0.4) is 0 Å². The van der Waals surface area contributed by atoms with Gasteiger partial charge in [0.25, 0.3) is 5.91 Å². The molecule has 1 amide bonds. The van der Waals surface area contributed by atoms with E-state index in [1.807, 2.05) is 26.0 Å². The van der Waals surface area contributed by atoms with E-state index in [1.165, 1.54) is 29.1 Å². The highest BCUT2D eigenvalue weighted by molar-refractivity contribution is 6.30. The van der Waals surface area contributed by atoms with E-state index < -0.39 is 5.82 Å². The molecule has 2 aromatic heterocycles. The number of rotatable bonds is 5. The Labute approximate surface area is 182 Å². The standard InChI is InChI=1S/C21H19ClFN7O/c1-12(2)20-17(11-24-30(20)16-6-4-5-14(22)9-16)21(31)25-15-7-8-18(23)19(10-15)29-13(3)26-27-28-29/h4-12H,1-3H3,(H,25,31). The topological polar surface area (TPSA) is 90.5 Å². The highest BCUT2D eigenvalue weighted by Gasteiger charge is 2.22. The lowest BCUT2D eigenvalue weighted by molar-refractivity contribution is 0.102. The largest absolute Gasteiger partial charge is 0.322 e. The molecule has 4 aromatic rings. The van der Waals surface area contributed by atoms with Crippen LogP contribution in [0, 0.1) is 12.7 Å². The molecule has 1 N–H and O–H groups in total.